The third-order valence-electron chi connectivity index (χ3n) is 4.31. The Morgan fingerprint density at radius 1 is 1.29 bits per heavy atom. The second-order valence-electron chi connectivity index (χ2n) is 6.98. The maximum atomic E-state index is 12.0. The first-order valence-electron chi connectivity index (χ1n) is 8.20. The summed E-state index contributed by atoms with van der Waals surface area (Å²) in [5.41, 5.74) is 5.91. The van der Waals surface area contributed by atoms with Gasteiger partial charge in [0, 0.05) is 44.1 Å². The van der Waals surface area contributed by atoms with E-state index in [4.69, 9.17) is 5.73 Å². The standard InChI is InChI=1S/C16H33N3OS/c1-16(2,3)14(6-7-17)4-5-15(20)18-8-9-19-10-12-21-13-11-19/h14H,4-13,17H2,1-3H3,(H,18,20). The lowest BCUT2D eigenvalue weighted by atomic mass is 9.76. The second-order valence-corrected chi connectivity index (χ2v) is 8.21. The number of amides is 1. The van der Waals surface area contributed by atoms with Gasteiger partial charge in [-0.3, -0.25) is 9.69 Å². The van der Waals surface area contributed by atoms with Crippen LogP contribution in [0.15, 0.2) is 0 Å². The average molecular weight is 316 g/mol. The van der Waals surface area contributed by atoms with Gasteiger partial charge in [-0.1, -0.05) is 20.8 Å². The number of nitrogens with one attached hydrogen (secondary N) is 1. The molecule has 0 spiro atoms. The summed E-state index contributed by atoms with van der Waals surface area (Å²) >= 11 is 2.02. The van der Waals surface area contributed by atoms with Crippen LogP contribution in [0.3, 0.4) is 0 Å². The number of nitrogens with two attached hydrogens (primary N) is 1. The highest BCUT2D eigenvalue weighted by Gasteiger charge is 2.24. The molecule has 1 atom stereocenters. The van der Waals surface area contributed by atoms with E-state index in [1.165, 1.54) is 11.5 Å². The normalized spacial score (nSPS) is 18.5. The van der Waals surface area contributed by atoms with Crippen molar-refractivity contribution in [2.45, 2.75) is 40.0 Å². The summed E-state index contributed by atoms with van der Waals surface area (Å²) in [4.78, 5) is 14.4. The van der Waals surface area contributed by atoms with Crippen LogP contribution >= 0.6 is 11.8 Å². The summed E-state index contributed by atoms with van der Waals surface area (Å²) in [6, 6.07) is 0. The van der Waals surface area contributed by atoms with Crippen LogP contribution in [0, 0.1) is 11.3 Å². The number of hydrogen-bond acceptors (Lipinski definition) is 4. The Labute approximate surface area is 134 Å². The Hall–Kier alpha value is -0.260. The highest BCUT2D eigenvalue weighted by Crippen LogP contribution is 2.31. The minimum absolute atomic E-state index is 0.188. The largest absolute Gasteiger partial charge is 0.355 e. The topological polar surface area (TPSA) is 58.4 Å². The lowest BCUT2D eigenvalue weighted by Gasteiger charge is -2.30. The molecule has 0 aromatic rings. The van der Waals surface area contributed by atoms with E-state index in [9.17, 15) is 4.79 Å². The van der Waals surface area contributed by atoms with E-state index < -0.39 is 0 Å². The third-order valence-corrected chi connectivity index (χ3v) is 5.26. The average Bonchev–Trinajstić information content (AvgIpc) is 2.43. The first kappa shape index (κ1) is 18.8. The van der Waals surface area contributed by atoms with E-state index in [1.807, 2.05) is 11.8 Å². The molecule has 1 rings (SSSR count). The summed E-state index contributed by atoms with van der Waals surface area (Å²) in [6.07, 6.45) is 2.56. The van der Waals surface area contributed by atoms with E-state index >= 15 is 0 Å². The lowest BCUT2D eigenvalue weighted by molar-refractivity contribution is -0.121. The summed E-state index contributed by atoms with van der Waals surface area (Å²) in [7, 11) is 0. The molecule has 0 radical (unpaired) electrons. The molecule has 4 nitrogen and oxygen atoms in total. The van der Waals surface area contributed by atoms with Crippen molar-refractivity contribution in [2.24, 2.45) is 17.1 Å². The molecule has 1 saturated heterocycles. The van der Waals surface area contributed by atoms with Crippen molar-refractivity contribution in [1.82, 2.24) is 10.2 Å². The number of rotatable bonds is 8. The number of carbonyl (C=O) groups is 1. The van der Waals surface area contributed by atoms with Gasteiger partial charge >= 0.3 is 0 Å². The number of nitrogens with zero attached hydrogens (tertiary/aromatic N) is 1. The quantitative estimate of drug-likeness (QED) is 0.719. The first-order chi connectivity index (χ1) is 9.93. The molecule has 124 valence electrons. The van der Waals surface area contributed by atoms with Crippen LogP contribution in [-0.4, -0.2) is 55.0 Å². The fourth-order valence-electron chi connectivity index (χ4n) is 2.78. The van der Waals surface area contributed by atoms with Crippen LogP contribution in [0.4, 0.5) is 0 Å². The van der Waals surface area contributed by atoms with Crippen LogP contribution in [0.1, 0.15) is 40.0 Å². The van der Waals surface area contributed by atoms with Gasteiger partial charge in [0.25, 0.3) is 0 Å². The van der Waals surface area contributed by atoms with Crippen LogP contribution < -0.4 is 11.1 Å². The second kappa shape index (κ2) is 9.70. The van der Waals surface area contributed by atoms with E-state index in [1.54, 1.807) is 0 Å². The van der Waals surface area contributed by atoms with Gasteiger partial charge in [-0.2, -0.15) is 11.8 Å². The molecule has 1 aliphatic rings. The van der Waals surface area contributed by atoms with Gasteiger partial charge in [0.15, 0.2) is 0 Å². The van der Waals surface area contributed by atoms with Crippen molar-refractivity contribution in [2.75, 3.05) is 44.2 Å². The van der Waals surface area contributed by atoms with Crippen molar-refractivity contribution in [3.8, 4) is 0 Å². The Kier molecular flexibility index (Phi) is 8.67. The Bertz CT molecular complexity index is 298. The fraction of sp³-hybridized carbons (Fsp3) is 0.938. The summed E-state index contributed by atoms with van der Waals surface area (Å²) in [6.45, 7) is 11.5. The molecule has 0 aromatic carbocycles. The molecular weight excluding hydrogens is 282 g/mol. The molecule has 1 fully saturated rings. The molecule has 0 aromatic heterocycles. The lowest BCUT2D eigenvalue weighted by Crippen LogP contribution is -2.39. The van der Waals surface area contributed by atoms with E-state index in [0.717, 1.165) is 39.0 Å². The van der Waals surface area contributed by atoms with Gasteiger partial charge in [0.2, 0.25) is 5.91 Å². The van der Waals surface area contributed by atoms with Crippen molar-refractivity contribution in [3.63, 3.8) is 0 Å². The van der Waals surface area contributed by atoms with Crippen molar-refractivity contribution >= 4 is 17.7 Å². The minimum atomic E-state index is 0.188. The highest BCUT2D eigenvalue weighted by molar-refractivity contribution is 7.99. The third kappa shape index (κ3) is 8.07. The van der Waals surface area contributed by atoms with Gasteiger partial charge in [-0.05, 0) is 30.7 Å². The summed E-state index contributed by atoms with van der Waals surface area (Å²) < 4.78 is 0. The van der Waals surface area contributed by atoms with Gasteiger partial charge in [-0.25, -0.2) is 0 Å². The first-order valence-corrected chi connectivity index (χ1v) is 9.36. The molecule has 0 aliphatic carbocycles. The summed E-state index contributed by atoms with van der Waals surface area (Å²) in [5.74, 6) is 3.15. The van der Waals surface area contributed by atoms with Gasteiger partial charge in [0.05, 0.1) is 0 Å². The number of thioether (sulfide) groups is 1. The van der Waals surface area contributed by atoms with Crippen molar-refractivity contribution < 1.29 is 4.79 Å². The van der Waals surface area contributed by atoms with E-state index in [0.29, 0.717) is 18.9 Å². The Morgan fingerprint density at radius 2 is 1.95 bits per heavy atom. The van der Waals surface area contributed by atoms with Crippen LogP contribution in [0.2, 0.25) is 0 Å². The molecule has 0 bridgehead atoms. The minimum Gasteiger partial charge on any atom is -0.355 e. The summed E-state index contributed by atoms with van der Waals surface area (Å²) in [5, 5.41) is 3.06. The van der Waals surface area contributed by atoms with E-state index in [2.05, 4.69) is 31.0 Å². The Balaban J connectivity index is 2.17. The molecule has 21 heavy (non-hydrogen) atoms. The zero-order chi connectivity index (χ0) is 15.7. The van der Waals surface area contributed by atoms with Crippen molar-refractivity contribution in [3.05, 3.63) is 0 Å². The van der Waals surface area contributed by atoms with Gasteiger partial charge in [-0.15, -0.1) is 0 Å². The molecule has 1 heterocycles. The maximum Gasteiger partial charge on any atom is 0.220 e. The monoisotopic (exact) mass is 315 g/mol. The van der Waals surface area contributed by atoms with E-state index in [-0.39, 0.29) is 11.3 Å². The molecule has 1 unspecified atom stereocenters. The molecule has 1 amide bonds. The molecular formula is C16H33N3OS. The molecule has 0 saturated carbocycles. The zero-order valence-corrected chi connectivity index (χ0v) is 14.8. The van der Waals surface area contributed by atoms with Gasteiger partial charge in [0.1, 0.15) is 0 Å². The number of carbonyl (C=O) groups excluding carboxylic acids is 1. The van der Waals surface area contributed by atoms with Crippen LogP contribution in [0.5, 0.6) is 0 Å². The SMILES string of the molecule is CC(C)(C)C(CCN)CCC(=O)NCCN1CCSCC1. The maximum absolute atomic E-state index is 12.0. The molecule has 3 N–H and O–H groups in total. The van der Waals surface area contributed by atoms with Crippen LogP contribution in [-0.2, 0) is 4.79 Å². The fourth-order valence-corrected chi connectivity index (χ4v) is 3.76. The zero-order valence-electron chi connectivity index (χ0n) is 14.0. The predicted molar refractivity (Wildman–Crippen MR) is 92.6 cm³/mol. The smallest absolute Gasteiger partial charge is 0.220 e. The molecule has 5 heteroatoms. The molecule has 1 aliphatic heterocycles. The van der Waals surface area contributed by atoms with Crippen molar-refractivity contribution in [1.29, 1.82) is 0 Å². The number of hydrogen-bond donors (Lipinski definition) is 2. The predicted octanol–water partition coefficient (Wildman–Crippen LogP) is 1.94. The van der Waals surface area contributed by atoms with Gasteiger partial charge < -0.3 is 11.1 Å². The van der Waals surface area contributed by atoms with Crippen LogP contribution in [0.25, 0.3) is 0 Å². The highest BCUT2D eigenvalue weighted by atomic mass is 32.2. The Morgan fingerprint density at radius 3 is 2.52 bits per heavy atom.